The predicted molar refractivity (Wildman–Crippen MR) is 103 cm³/mol. The number of hydrogen-bond donors (Lipinski definition) is 0. The van der Waals surface area contributed by atoms with E-state index in [1.165, 1.54) is 11.3 Å². The number of thiophene rings is 1. The lowest BCUT2D eigenvalue weighted by atomic mass is 10.1. The van der Waals surface area contributed by atoms with Gasteiger partial charge in [-0.3, -0.25) is 9.59 Å². The van der Waals surface area contributed by atoms with Crippen molar-refractivity contribution in [3.05, 3.63) is 81.6 Å². The Kier molecular flexibility index (Phi) is 4.36. The van der Waals surface area contributed by atoms with Gasteiger partial charge in [0.1, 0.15) is 6.54 Å². The molecule has 5 nitrogen and oxygen atoms in total. The second kappa shape index (κ2) is 6.82. The van der Waals surface area contributed by atoms with Gasteiger partial charge in [0.05, 0.1) is 5.39 Å². The minimum Gasteiger partial charge on any atom is -0.292 e. The van der Waals surface area contributed by atoms with Gasteiger partial charge in [-0.05, 0) is 35.9 Å². The van der Waals surface area contributed by atoms with Crippen LogP contribution in [0.4, 0.5) is 0 Å². The Balaban J connectivity index is 1.68. The number of ketones is 1. The molecule has 0 aliphatic heterocycles. The number of nitrogens with zero attached hydrogens (tertiary/aromatic N) is 3. The van der Waals surface area contributed by atoms with Gasteiger partial charge in [0.2, 0.25) is 0 Å². The molecule has 128 valence electrons. The van der Waals surface area contributed by atoms with Crippen molar-refractivity contribution in [2.24, 2.45) is 0 Å². The molecule has 0 spiro atoms. The molecule has 0 bridgehead atoms. The number of rotatable bonds is 4. The van der Waals surface area contributed by atoms with Gasteiger partial charge in [0.15, 0.2) is 10.6 Å². The molecule has 0 saturated carbocycles. The van der Waals surface area contributed by atoms with Gasteiger partial charge in [0, 0.05) is 15.5 Å². The van der Waals surface area contributed by atoms with Crippen molar-refractivity contribution >= 4 is 38.9 Å². The third kappa shape index (κ3) is 3.16. The topological polar surface area (TPSA) is 64.8 Å². The summed E-state index contributed by atoms with van der Waals surface area (Å²) in [5, 5.41) is 9.03. The summed E-state index contributed by atoms with van der Waals surface area (Å²) in [6.45, 7) is -0.167. The SMILES string of the molecule is O=C(Cn1nnc2sc(-c3ccccc3)cc2c1=O)c1ccc(Cl)cc1. The van der Waals surface area contributed by atoms with Crippen molar-refractivity contribution in [1.82, 2.24) is 15.0 Å². The average molecular weight is 382 g/mol. The van der Waals surface area contributed by atoms with E-state index in [-0.39, 0.29) is 17.9 Å². The van der Waals surface area contributed by atoms with Crippen LogP contribution in [-0.4, -0.2) is 20.8 Å². The molecule has 2 aromatic carbocycles. The van der Waals surface area contributed by atoms with E-state index >= 15 is 0 Å². The standard InChI is InChI=1S/C19H12ClN3O2S/c20-14-8-6-12(7-9-14)16(24)11-23-19(25)15-10-17(26-18(15)21-22-23)13-4-2-1-3-5-13/h1-10H,11H2. The number of carbonyl (C=O) groups excluding carboxylic acids is 1. The first-order valence-corrected chi connectivity index (χ1v) is 9.03. The van der Waals surface area contributed by atoms with Crippen molar-refractivity contribution < 1.29 is 4.79 Å². The third-order valence-electron chi connectivity index (χ3n) is 3.94. The van der Waals surface area contributed by atoms with E-state index in [0.717, 1.165) is 15.1 Å². The fraction of sp³-hybridized carbons (Fsp3) is 0.0526. The van der Waals surface area contributed by atoms with Gasteiger partial charge >= 0.3 is 0 Å². The molecule has 4 aromatic rings. The van der Waals surface area contributed by atoms with E-state index in [1.54, 1.807) is 30.3 Å². The summed E-state index contributed by atoms with van der Waals surface area (Å²) in [5.74, 6) is -0.226. The van der Waals surface area contributed by atoms with Gasteiger partial charge in [0.25, 0.3) is 5.56 Å². The molecule has 7 heteroatoms. The predicted octanol–water partition coefficient (Wildman–Crippen LogP) is 4.06. The molecule has 0 aliphatic carbocycles. The number of benzene rings is 2. The van der Waals surface area contributed by atoms with E-state index in [0.29, 0.717) is 20.8 Å². The van der Waals surface area contributed by atoms with Crippen LogP contribution in [0.1, 0.15) is 10.4 Å². The van der Waals surface area contributed by atoms with E-state index in [9.17, 15) is 9.59 Å². The van der Waals surface area contributed by atoms with Crippen LogP contribution < -0.4 is 5.56 Å². The molecule has 0 N–H and O–H groups in total. The van der Waals surface area contributed by atoms with E-state index in [4.69, 9.17) is 11.6 Å². The maximum Gasteiger partial charge on any atom is 0.278 e. The Bertz CT molecular complexity index is 1150. The lowest BCUT2D eigenvalue weighted by Gasteiger charge is -2.03. The van der Waals surface area contributed by atoms with Crippen LogP contribution in [0.2, 0.25) is 5.02 Å². The highest BCUT2D eigenvalue weighted by molar-refractivity contribution is 7.21. The minimum absolute atomic E-state index is 0.167. The molecule has 26 heavy (non-hydrogen) atoms. The summed E-state index contributed by atoms with van der Waals surface area (Å²) in [4.78, 5) is 26.6. The maximum atomic E-state index is 12.7. The molecular weight excluding hydrogens is 370 g/mol. The fourth-order valence-corrected chi connectivity index (χ4v) is 3.69. The van der Waals surface area contributed by atoms with Crippen LogP contribution >= 0.6 is 22.9 Å². The highest BCUT2D eigenvalue weighted by Gasteiger charge is 2.14. The number of halogens is 1. The Hall–Kier alpha value is -2.83. The number of hydrogen-bond acceptors (Lipinski definition) is 5. The molecule has 0 aliphatic rings. The summed E-state index contributed by atoms with van der Waals surface area (Å²) in [5.41, 5.74) is 1.16. The largest absolute Gasteiger partial charge is 0.292 e. The first kappa shape index (κ1) is 16.6. The van der Waals surface area contributed by atoms with Gasteiger partial charge < -0.3 is 0 Å². The third-order valence-corrected chi connectivity index (χ3v) is 5.26. The fourth-order valence-electron chi connectivity index (χ4n) is 2.59. The quantitative estimate of drug-likeness (QED) is 0.500. The highest BCUT2D eigenvalue weighted by atomic mass is 35.5. The Morgan fingerprint density at radius 2 is 1.81 bits per heavy atom. The maximum absolute atomic E-state index is 12.7. The molecule has 0 fully saturated rings. The van der Waals surface area contributed by atoms with Gasteiger partial charge in [-0.15, -0.1) is 16.4 Å². The van der Waals surface area contributed by atoms with Crippen LogP contribution in [-0.2, 0) is 6.54 Å². The molecule has 2 heterocycles. The summed E-state index contributed by atoms with van der Waals surface area (Å²) < 4.78 is 1.10. The van der Waals surface area contributed by atoms with Crippen molar-refractivity contribution in [3.8, 4) is 10.4 Å². The van der Waals surface area contributed by atoms with Crippen LogP contribution in [0.3, 0.4) is 0 Å². The molecule has 0 radical (unpaired) electrons. The molecule has 0 saturated heterocycles. The van der Waals surface area contributed by atoms with E-state index in [2.05, 4.69) is 10.3 Å². The zero-order chi connectivity index (χ0) is 18.1. The molecule has 2 aromatic heterocycles. The van der Waals surface area contributed by atoms with Crippen LogP contribution in [0, 0.1) is 0 Å². The van der Waals surface area contributed by atoms with Gasteiger partial charge in [-0.25, -0.2) is 4.68 Å². The molecule has 0 amide bonds. The lowest BCUT2D eigenvalue weighted by Crippen LogP contribution is -2.27. The van der Waals surface area contributed by atoms with Crippen molar-refractivity contribution in [2.45, 2.75) is 6.54 Å². The summed E-state index contributed by atoms with van der Waals surface area (Å²) >= 11 is 7.24. The van der Waals surface area contributed by atoms with Gasteiger partial charge in [-0.2, -0.15) is 0 Å². The van der Waals surface area contributed by atoms with Crippen molar-refractivity contribution in [3.63, 3.8) is 0 Å². The summed E-state index contributed by atoms with van der Waals surface area (Å²) in [7, 11) is 0. The van der Waals surface area contributed by atoms with Crippen LogP contribution in [0.15, 0.2) is 65.5 Å². The normalized spacial score (nSPS) is 11.0. The lowest BCUT2D eigenvalue weighted by molar-refractivity contribution is 0.0964. The van der Waals surface area contributed by atoms with Gasteiger partial charge in [-0.1, -0.05) is 47.1 Å². The molecule has 0 unspecified atom stereocenters. The summed E-state index contributed by atoms with van der Waals surface area (Å²) in [6, 6.07) is 18.1. The highest BCUT2D eigenvalue weighted by Crippen LogP contribution is 2.30. The zero-order valence-electron chi connectivity index (χ0n) is 13.4. The summed E-state index contributed by atoms with van der Waals surface area (Å²) in [6.07, 6.45) is 0. The van der Waals surface area contributed by atoms with Crippen molar-refractivity contribution in [2.75, 3.05) is 0 Å². The molecule has 0 atom stereocenters. The minimum atomic E-state index is -0.323. The molecule has 4 rings (SSSR count). The zero-order valence-corrected chi connectivity index (χ0v) is 15.0. The first-order chi connectivity index (χ1) is 12.6. The second-order valence-corrected chi connectivity index (χ2v) is 7.14. The first-order valence-electron chi connectivity index (χ1n) is 7.83. The smallest absolute Gasteiger partial charge is 0.278 e. The number of fused-ring (bicyclic) bond motifs is 1. The van der Waals surface area contributed by atoms with E-state index < -0.39 is 0 Å². The number of Topliss-reactive ketones (excluding diaryl/α,β-unsaturated/α-hetero) is 1. The number of aromatic nitrogens is 3. The Labute approximate surface area is 157 Å². The monoisotopic (exact) mass is 381 g/mol. The number of carbonyl (C=O) groups is 1. The Morgan fingerprint density at radius 3 is 2.54 bits per heavy atom. The van der Waals surface area contributed by atoms with Crippen LogP contribution in [0.25, 0.3) is 20.7 Å². The molecular formula is C19H12ClN3O2S. The van der Waals surface area contributed by atoms with E-state index in [1.807, 2.05) is 30.3 Å². The van der Waals surface area contributed by atoms with Crippen molar-refractivity contribution in [1.29, 1.82) is 0 Å². The average Bonchev–Trinajstić information content (AvgIpc) is 3.10. The Morgan fingerprint density at radius 1 is 1.08 bits per heavy atom. The second-order valence-electron chi connectivity index (χ2n) is 5.68. The van der Waals surface area contributed by atoms with Crippen LogP contribution in [0.5, 0.6) is 0 Å².